The predicted octanol–water partition coefficient (Wildman–Crippen LogP) is 6.28. The number of benzene rings is 2. The molecule has 7 heteroatoms. The lowest BCUT2D eigenvalue weighted by Crippen LogP contribution is -2.11. The maximum absolute atomic E-state index is 12.9. The average Bonchev–Trinajstić information content (AvgIpc) is 2.38. The molecule has 0 fully saturated rings. The van der Waals surface area contributed by atoms with E-state index >= 15 is 0 Å². The summed E-state index contributed by atoms with van der Waals surface area (Å²) in [5, 5.41) is 3.59. The Kier molecular flexibility index (Phi) is 4.91. The van der Waals surface area contributed by atoms with Crippen LogP contribution in [0.4, 0.5) is 18.9 Å². The second-order valence-electron chi connectivity index (χ2n) is 4.28. The van der Waals surface area contributed by atoms with Gasteiger partial charge in [-0.1, -0.05) is 40.9 Å². The van der Waals surface area contributed by atoms with Crippen molar-refractivity contribution in [1.82, 2.24) is 0 Å². The Hall–Kier alpha value is -1.10. The second-order valence-corrected chi connectivity index (χ2v) is 5.56. The Morgan fingerprint density at radius 1 is 0.905 bits per heavy atom. The molecule has 0 amide bonds. The van der Waals surface area contributed by atoms with Crippen molar-refractivity contribution in [2.45, 2.75) is 12.7 Å². The molecular weight excluding hydrogens is 346 g/mol. The quantitative estimate of drug-likeness (QED) is 0.684. The molecule has 0 radical (unpaired) electrons. The zero-order valence-corrected chi connectivity index (χ0v) is 12.7. The molecule has 2 aromatic carbocycles. The highest BCUT2D eigenvalue weighted by molar-refractivity contribution is 6.35. The molecule has 0 unspecified atom stereocenters. The van der Waals surface area contributed by atoms with Crippen LogP contribution in [0.1, 0.15) is 11.1 Å². The van der Waals surface area contributed by atoms with Crippen LogP contribution in [0.15, 0.2) is 36.4 Å². The van der Waals surface area contributed by atoms with E-state index in [4.69, 9.17) is 34.8 Å². The Morgan fingerprint density at radius 3 is 2.14 bits per heavy atom. The average molecular weight is 355 g/mol. The van der Waals surface area contributed by atoms with E-state index < -0.39 is 11.7 Å². The zero-order valence-electron chi connectivity index (χ0n) is 10.4. The molecule has 0 bridgehead atoms. The second kappa shape index (κ2) is 6.34. The normalized spacial score (nSPS) is 11.5. The molecule has 0 saturated heterocycles. The number of alkyl halides is 3. The number of rotatable bonds is 3. The van der Waals surface area contributed by atoms with Crippen molar-refractivity contribution in [3.05, 3.63) is 62.6 Å². The van der Waals surface area contributed by atoms with Crippen molar-refractivity contribution >= 4 is 40.5 Å². The van der Waals surface area contributed by atoms with Crippen LogP contribution in [0.2, 0.25) is 15.1 Å². The van der Waals surface area contributed by atoms with Gasteiger partial charge in [-0.15, -0.1) is 0 Å². The maximum atomic E-state index is 12.9. The fourth-order valence-corrected chi connectivity index (χ4v) is 2.41. The summed E-state index contributed by atoms with van der Waals surface area (Å²) in [4.78, 5) is 0. The van der Waals surface area contributed by atoms with Gasteiger partial charge in [0.05, 0.1) is 5.56 Å². The van der Waals surface area contributed by atoms with Crippen molar-refractivity contribution in [1.29, 1.82) is 0 Å². The van der Waals surface area contributed by atoms with Crippen LogP contribution in [0.3, 0.4) is 0 Å². The molecule has 112 valence electrons. The van der Waals surface area contributed by atoms with Crippen LogP contribution in [0.5, 0.6) is 0 Å². The van der Waals surface area contributed by atoms with Crippen LogP contribution < -0.4 is 5.32 Å². The maximum Gasteiger partial charge on any atom is 0.418 e. The van der Waals surface area contributed by atoms with E-state index in [2.05, 4.69) is 5.32 Å². The number of hydrogen-bond donors (Lipinski definition) is 1. The highest BCUT2D eigenvalue weighted by atomic mass is 35.5. The van der Waals surface area contributed by atoms with Gasteiger partial charge in [-0.05, 0) is 35.9 Å². The summed E-state index contributed by atoms with van der Waals surface area (Å²) < 4.78 is 38.8. The summed E-state index contributed by atoms with van der Waals surface area (Å²) in [6.07, 6.45) is -4.49. The molecule has 0 spiro atoms. The van der Waals surface area contributed by atoms with E-state index in [0.717, 1.165) is 6.07 Å². The van der Waals surface area contributed by atoms with Crippen molar-refractivity contribution in [3.63, 3.8) is 0 Å². The number of halogens is 6. The SMILES string of the molecule is FC(F)(F)c1cc(Cl)ccc1NCc1ccc(Cl)cc1Cl. The monoisotopic (exact) mass is 353 g/mol. The van der Waals surface area contributed by atoms with Crippen molar-refractivity contribution in [3.8, 4) is 0 Å². The largest absolute Gasteiger partial charge is 0.418 e. The van der Waals surface area contributed by atoms with Gasteiger partial charge >= 0.3 is 6.18 Å². The van der Waals surface area contributed by atoms with Crippen LogP contribution in [-0.2, 0) is 12.7 Å². The van der Waals surface area contributed by atoms with Crippen LogP contribution >= 0.6 is 34.8 Å². The number of anilines is 1. The highest BCUT2D eigenvalue weighted by Crippen LogP contribution is 2.36. The minimum absolute atomic E-state index is 0.0254. The molecule has 0 aliphatic heterocycles. The van der Waals surface area contributed by atoms with E-state index in [1.807, 2.05) is 0 Å². The summed E-state index contributed by atoms with van der Waals surface area (Å²) in [5.41, 5.74) is -0.234. The minimum atomic E-state index is -4.49. The first-order chi connectivity index (χ1) is 9.77. The lowest BCUT2D eigenvalue weighted by molar-refractivity contribution is -0.136. The van der Waals surface area contributed by atoms with E-state index in [1.165, 1.54) is 18.2 Å². The van der Waals surface area contributed by atoms with Gasteiger partial charge in [0.1, 0.15) is 0 Å². The van der Waals surface area contributed by atoms with Crippen LogP contribution in [0.25, 0.3) is 0 Å². The third-order valence-electron chi connectivity index (χ3n) is 2.77. The predicted molar refractivity (Wildman–Crippen MR) is 80.2 cm³/mol. The molecule has 0 atom stereocenters. The van der Waals surface area contributed by atoms with Gasteiger partial charge in [-0.25, -0.2) is 0 Å². The topological polar surface area (TPSA) is 12.0 Å². The summed E-state index contributed by atoms with van der Waals surface area (Å²) in [6, 6.07) is 8.37. The van der Waals surface area contributed by atoms with E-state index in [0.29, 0.717) is 15.6 Å². The lowest BCUT2D eigenvalue weighted by atomic mass is 10.1. The first kappa shape index (κ1) is 16.3. The van der Waals surface area contributed by atoms with E-state index in [-0.39, 0.29) is 17.3 Å². The molecule has 0 saturated carbocycles. The van der Waals surface area contributed by atoms with Gasteiger partial charge in [0.25, 0.3) is 0 Å². The molecule has 2 rings (SSSR count). The summed E-state index contributed by atoms with van der Waals surface area (Å²) >= 11 is 17.4. The van der Waals surface area contributed by atoms with E-state index in [1.54, 1.807) is 12.1 Å². The van der Waals surface area contributed by atoms with Gasteiger partial charge in [0.2, 0.25) is 0 Å². The standard InChI is InChI=1S/C14H9Cl3F3N/c15-9-3-4-13(11(5-9)14(18,19)20)21-7-8-1-2-10(16)6-12(8)17/h1-6,21H,7H2. The fraction of sp³-hybridized carbons (Fsp3) is 0.143. The fourth-order valence-electron chi connectivity index (χ4n) is 1.76. The summed E-state index contributed by atoms with van der Waals surface area (Å²) in [6.45, 7) is 0.140. The van der Waals surface area contributed by atoms with Crippen molar-refractivity contribution in [2.75, 3.05) is 5.32 Å². The molecule has 1 nitrogen and oxygen atoms in total. The Balaban J connectivity index is 2.24. The Labute approximate surface area is 134 Å². The molecule has 2 aromatic rings. The molecule has 1 N–H and O–H groups in total. The van der Waals surface area contributed by atoms with Gasteiger partial charge in [0, 0.05) is 27.3 Å². The molecule has 0 aliphatic rings. The Bertz CT molecular complexity index is 656. The molecular formula is C14H9Cl3F3N. The molecule has 0 aliphatic carbocycles. The first-order valence-electron chi connectivity index (χ1n) is 5.82. The van der Waals surface area contributed by atoms with Gasteiger partial charge in [-0.3, -0.25) is 0 Å². The van der Waals surface area contributed by atoms with Gasteiger partial charge in [-0.2, -0.15) is 13.2 Å². The van der Waals surface area contributed by atoms with Crippen molar-refractivity contribution < 1.29 is 13.2 Å². The summed E-state index contributed by atoms with van der Waals surface area (Å²) in [5.74, 6) is 0. The van der Waals surface area contributed by atoms with Crippen LogP contribution in [0, 0.1) is 0 Å². The molecule has 0 aromatic heterocycles. The highest BCUT2D eigenvalue weighted by Gasteiger charge is 2.33. The zero-order chi connectivity index (χ0) is 15.6. The minimum Gasteiger partial charge on any atom is -0.380 e. The lowest BCUT2D eigenvalue weighted by Gasteiger charge is -2.15. The molecule has 21 heavy (non-hydrogen) atoms. The van der Waals surface area contributed by atoms with E-state index in [9.17, 15) is 13.2 Å². The first-order valence-corrected chi connectivity index (χ1v) is 6.95. The Morgan fingerprint density at radius 2 is 1.52 bits per heavy atom. The summed E-state index contributed by atoms with van der Waals surface area (Å²) in [7, 11) is 0. The number of hydrogen-bond acceptors (Lipinski definition) is 1. The third kappa shape index (κ3) is 4.19. The smallest absolute Gasteiger partial charge is 0.380 e. The number of nitrogens with one attached hydrogen (secondary N) is 1. The third-order valence-corrected chi connectivity index (χ3v) is 3.59. The molecule has 0 heterocycles. The van der Waals surface area contributed by atoms with Gasteiger partial charge < -0.3 is 5.32 Å². The van der Waals surface area contributed by atoms with Gasteiger partial charge in [0.15, 0.2) is 0 Å². The van der Waals surface area contributed by atoms with Crippen LogP contribution in [-0.4, -0.2) is 0 Å². The van der Waals surface area contributed by atoms with Crippen molar-refractivity contribution in [2.24, 2.45) is 0 Å².